The zero-order valence-corrected chi connectivity index (χ0v) is 51.7. The third-order valence-corrected chi connectivity index (χ3v) is 23.0. The zero-order chi connectivity index (χ0) is 58.4. The number of benzene rings is 10. The van der Waals surface area contributed by atoms with Crippen LogP contribution in [-0.4, -0.2) is 0 Å². The smallest absolute Gasteiger partial charge is 0.0465 e. The van der Waals surface area contributed by atoms with Gasteiger partial charge in [0.15, 0.2) is 0 Å². The van der Waals surface area contributed by atoms with E-state index in [4.69, 9.17) is 0 Å². The van der Waals surface area contributed by atoms with Gasteiger partial charge in [0.05, 0.1) is 0 Å². The molecule has 0 N–H and O–H groups in total. The summed E-state index contributed by atoms with van der Waals surface area (Å²) in [5.74, 6) is 0. The van der Waals surface area contributed by atoms with E-state index < -0.39 is 0 Å². The second kappa shape index (κ2) is 19.4. The van der Waals surface area contributed by atoms with Crippen LogP contribution in [0.2, 0.25) is 0 Å². The van der Waals surface area contributed by atoms with Crippen LogP contribution in [0.5, 0.6) is 0 Å². The third-order valence-electron chi connectivity index (χ3n) is 23.0. The lowest BCUT2D eigenvalue weighted by molar-refractivity contribution is 0.490. The average molecular weight is 1110 g/mol. The first-order chi connectivity index (χ1) is 41.4. The topological polar surface area (TPSA) is 6.48 Å². The summed E-state index contributed by atoms with van der Waals surface area (Å²) < 4.78 is 0. The molecule has 0 spiro atoms. The largest absolute Gasteiger partial charge is 0.310 e. The lowest BCUT2D eigenvalue weighted by Crippen LogP contribution is -2.24. The maximum absolute atomic E-state index is 2.60. The van der Waals surface area contributed by atoms with Crippen molar-refractivity contribution in [3.8, 4) is 55.6 Å². The molecule has 0 unspecified atom stereocenters. The van der Waals surface area contributed by atoms with Gasteiger partial charge < -0.3 is 9.80 Å². The molecule has 422 valence electrons. The quantitative estimate of drug-likeness (QED) is 0.107. The highest BCUT2D eigenvalue weighted by Crippen LogP contribution is 2.61. The molecule has 5 aliphatic carbocycles. The highest BCUT2D eigenvalue weighted by molar-refractivity contribution is 5.94. The normalized spacial score (nSPS) is 16.3. The molecular formula is C83H80N2. The summed E-state index contributed by atoms with van der Waals surface area (Å²) in [6, 6.07) is 81.2. The predicted octanol–water partition coefficient (Wildman–Crippen LogP) is 23.3. The Labute approximate surface area is 506 Å². The van der Waals surface area contributed by atoms with Gasteiger partial charge >= 0.3 is 0 Å². The lowest BCUT2D eigenvalue weighted by atomic mass is 9.73. The van der Waals surface area contributed by atoms with Crippen molar-refractivity contribution in [2.75, 3.05) is 9.80 Å². The molecule has 0 heterocycles. The van der Waals surface area contributed by atoms with Crippen molar-refractivity contribution in [1.29, 1.82) is 0 Å². The molecule has 0 fully saturated rings. The van der Waals surface area contributed by atoms with Crippen molar-refractivity contribution in [2.45, 2.75) is 148 Å². The summed E-state index contributed by atoms with van der Waals surface area (Å²) in [6.07, 6.45) is 8.38. The average Bonchev–Trinajstić information content (AvgIpc) is 2.55. The van der Waals surface area contributed by atoms with Gasteiger partial charge in [-0.15, -0.1) is 0 Å². The van der Waals surface area contributed by atoms with Crippen LogP contribution in [0, 0.1) is 0 Å². The van der Waals surface area contributed by atoms with Crippen molar-refractivity contribution in [1.82, 2.24) is 0 Å². The van der Waals surface area contributed by atoms with Gasteiger partial charge in [0.25, 0.3) is 0 Å². The van der Waals surface area contributed by atoms with Gasteiger partial charge in [-0.1, -0.05) is 203 Å². The Kier molecular flexibility index (Phi) is 12.2. The van der Waals surface area contributed by atoms with Gasteiger partial charge in [-0.2, -0.15) is 0 Å². The molecule has 10 aromatic carbocycles. The molecule has 85 heavy (non-hydrogen) atoms. The van der Waals surface area contributed by atoms with E-state index in [-0.39, 0.29) is 27.1 Å². The summed E-state index contributed by atoms with van der Waals surface area (Å²) >= 11 is 0. The Morgan fingerprint density at radius 3 is 0.600 bits per heavy atom. The number of anilines is 6. The Morgan fingerprint density at radius 2 is 0.388 bits per heavy atom. The number of fused-ring (bicyclic) bond motifs is 15. The molecule has 2 heteroatoms. The first-order valence-electron chi connectivity index (χ1n) is 32.3. The first-order valence-corrected chi connectivity index (χ1v) is 32.3. The molecule has 2 nitrogen and oxygen atoms in total. The highest BCUT2D eigenvalue weighted by Gasteiger charge is 2.46. The maximum Gasteiger partial charge on any atom is 0.0465 e. The van der Waals surface area contributed by atoms with Gasteiger partial charge in [0.1, 0.15) is 0 Å². The van der Waals surface area contributed by atoms with Crippen LogP contribution in [-0.2, 0) is 27.1 Å². The van der Waals surface area contributed by atoms with Gasteiger partial charge in [-0.3, -0.25) is 0 Å². The molecule has 10 aromatic rings. The van der Waals surface area contributed by atoms with Crippen LogP contribution in [0.1, 0.15) is 176 Å². The van der Waals surface area contributed by atoms with Crippen molar-refractivity contribution < 1.29 is 0 Å². The molecule has 0 saturated carbocycles. The standard InChI is InChI=1S/C83H80N2/c1-11-80(12-2)69-31-23-19-27-59(69)65-43-37-55(49-75(65)80)84(56-38-44-66-60-28-20-24-32-70(60)81(13-3,14-4)76(66)50-56)53-35-41-63-64-42-36-54(48-74(64)79(9,10)73(63)47-53)85(57-39-45-67-61-29-21-25-33-71(61)82(15-5,16-6)77(67)51-57)58-40-46-68-62-30-22-26-34-72(62)83(17-7,18-8)78(68)52-58/h19-52H,11-18H2,1-10H3. The van der Waals surface area contributed by atoms with E-state index in [1.54, 1.807) is 0 Å². The Morgan fingerprint density at radius 1 is 0.212 bits per heavy atom. The van der Waals surface area contributed by atoms with Crippen molar-refractivity contribution in [2.24, 2.45) is 0 Å². The van der Waals surface area contributed by atoms with E-state index in [0.29, 0.717) is 0 Å². The summed E-state index contributed by atoms with van der Waals surface area (Å²) in [7, 11) is 0. The molecule has 0 atom stereocenters. The molecule has 0 aromatic heterocycles. The Bertz CT molecular complexity index is 3860. The van der Waals surface area contributed by atoms with E-state index in [1.807, 2.05) is 0 Å². The highest BCUT2D eigenvalue weighted by atomic mass is 15.1. The molecular weight excluding hydrogens is 1020 g/mol. The lowest BCUT2D eigenvalue weighted by Gasteiger charge is -2.34. The van der Waals surface area contributed by atoms with E-state index in [9.17, 15) is 0 Å². The summed E-state index contributed by atoms with van der Waals surface area (Å²) in [4.78, 5) is 5.20. The zero-order valence-electron chi connectivity index (χ0n) is 51.7. The summed E-state index contributed by atoms with van der Waals surface area (Å²) in [5, 5.41) is 0. The fourth-order valence-corrected chi connectivity index (χ4v) is 18.3. The second-order valence-corrected chi connectivity index (χ2v) is 26.0. The van der Waals surface area contributed by atoms with Crippen LogP contribution in [0.4, 0.5) is 34.1 Å². The van der Waals surface area contributed by atoms with Gasteiger partial charge in [-0.25, -0.2) is 0 Å². The molecule has 0 amide bonds. The minimum Gasteiger partial charge on any atom is -0.310 e. The number of nitrogens with zero attached hydrogens (tertiary/aromatic N) is 2. The molecule has 5 aliphatic rings. The Balaban J connectivity index is 0.893. The minimum atomic E-state index is -0.315. The first kappa shape index (κ1) is 53.5. The van der Waals surface area contributed by atoms with E-state index in [0.717, 1.165) is 51.4 Å². The van der Waals surface area contributed by atoms with Crippen LogP contribution < -0.4 is 9.80 Å². The van der Waals surface area contributed by atoms with Crippen molar-refractivity contribution >= 4 is 34.1 Å². The van der Waals surface area contributed by atoms with Gasteiger partial charge in [0, 0.05) is 61.2 Å². The van der Waals surface area contributed by atoms with Crippen LogP contribution in [0.3, 0.4) is 0 Å². The minimum absolute atomic E-state index is 0.0558. The van der Waals surface area contributed by atoms with Crippen LogP contribution in [0.25, 0.3) is 55.6 Å². The molecule has 0 saturated heterocycles. The van der Waals surface area contributed by atoms with E-state index >= 15 is 0 Å². The van der Waals surface area contributed by atoms with Gasteiger partial charge in [-0.05, 0) is 235 Å². The Hall–Kier alpha value is -8.20. The summed E-state index contributed by atoms with van der Waals surface area (Å²) in [6.45, 7) is 24.1. The molecule has 0 radical (unpaired) electrons. The fourth-order valence-electron chi connectivity index (χ4n) is 18.3. The van der Waals surface area contributed by atoms with Gasteiger partial charge in [0.2, 0.25) is 0 Å². The SMILES string of the molecule is CCC1(CC)c2ccccc2-c2ccc(N(c3ccc4c(c3)C(C)(C)c3cc(N(c5ccc6c(c5)C(CC)(CC)c5ccccc5-6)c5ccc6c(c5)C(CC)(CC)c5ccccc5-6)ccc3-4)c3ccc4c(c3)C(CC)(CC)c3ccccc3-4)cc21. The predicted molar refractivity (Wildman–Crippen MR) is 361 cm³/mol. The number of hydrogen-bond acceptors (Lipinski definition) is 2. The molecule has 0 bridgehead atoms. The van der Waals surface area contributed by atoms with Crippen LogP contribution >= 0.6 is 0 Å². The molecule has 0 aliphatic heterocycles. The van der Waals surface area contributed by atoms with Crippen molar-refractivity contribution in [3.05, 3.63) is 262 Å². The van der Waals surface area contributed by atoms with Crippen LogP contribution in [0.15, 0.2) is 206 Å². The summed E-state index contributed by atoms with van der Waals surface area (Å²) in [5.41, 5.74) is 34.7. The van der Waals surface area contributed by atoms with Crippen molar-refractivity contribution in [3.63, 3.8) is 0 Å². The number of rotatable bonds is 14. The fraction of sp³-hybridized carbons (Fsp3) is 0.277. The van der Waals surface area contributed by atoms with E-state index in [2.05, 4.69) is 285 Å². The molecule has 15 rings (SSSR count). The second-order valence-electron chi connectivity index (χ2n) is 26.0. The third kappa shape index (κ3) is 7.06. The maximum atomic E-state index is 2.60. The monoisotopic (exact) mass is 1100 g/mol. The van der Waals surface area contributed by atoms with E-state index in [1.165, 1.54) is 145 Å². The number of hydrogen-bond donors (Lipinski definition) is 0.